The van der Waals surface area contributed by atoms with Gasteiger partial charge in [0.2, 0.25) is 0 Å². The van der Waals surface area contributed by atoms with E-state index in [1.54, 1.807) is 31.2 Å². The third-order valence-electron chi connectivity index (χ3n) is 1.64. The number of esters is 1. The van der Waals surface area contributed by atoms with E-state index in [-0.39, 0.29) is 5.12 Å². The minimum absolute atomic E-state index is 0.0201. The summed E-state index contributed by atoms with van der Waals surface area (Å²) < 4.78 is 5.00. The zero-order valence-electron chi connectivity index (χ0n) is 9.15. The van der Waals surface area contributed by atoms with Crippen molar-refractivity contribution in [2.75, 3.05) is 0 Å². The lowest BCUT2D eigenvalue weighted by molar-refractivity contribution is -0.130. The number of carbonyl (C=O) groups is 2. The second-order valence-electron chi connectivity index (χ2n) is 3.23. The molecule has 0 heterocycles. The summed E-state index contributed by atoms with van der Waals surface area (Å²) in [5, 5.41) is 0.0201. The van der Waals surface area contributed by atoms with Crippen molar-refractivity contribution in [3.63, 3.8) is 0 Å². The molecule has 84 valence electrons. The first-order valence-corrected chi connectivity index (χ1v) is 5.47. The number of rotatable bonds is 3. The molecule has 0 N–H and O–H groups in total. The van der Waals surface area contributed by atoms with Crippen LogP contribution in [0.1, 0.15) is 13.8 Å². The Hall–Kier alpha value is -1.55. The van der Waals surface area contributed by atoms with Gasteiger partial charge in [-0.2, -0.15) is 0 Å². The van der Waals surface area contributed by atoms with E-state index < -0.39 is 5.97 Å². The maximum Gasteiger partial charge on any atom is 0.338 e. The van der Waals surface area contributed by atoms with Gasteiger partial charge in [0, 0.05) is 17.4 Å². The largest absolute Gasteiger partial charge is 0.423 e. The third-order valence-corrected chi connectivity index (χ3v) is 2.44. The lowest BCUT2D eigenvalue weighted by Gasteiger charge is -2.04. The van der Waals surface area contributed by atoms with Crippen LogP contribution in [0.4, 0.5) is 0 Å². The molecule has 0 aliphatic heterocycles. The van der Waals surface area contributed by atoms with Crippen LogP contribution in [0.5, 0.6) is 5.75 Å². The quantitative estimate of drug-likeness (QED) is 0.350. The summed E-state index contributed by atoms with van der Waals surface area (Å²) in [7, 11) is 0. The first kappa shape index (κ1) is 12.5. The molecule has 0 aliphatic carbocycles. The van der Waals surface area contributed by atoms with E-state index in [4.69, 9.17) is 4.74 Å². The van der Waals surface area contributed by atoms with E-state index >= 15 is 0 Å². The van der Waals surface area contributed by atoms with Gasteiger partial charge in [0.1, 0.15) is 5.75 Å². The van der Waals surface area contributed by atoms with E-state index in [0.29, 0.717) is 11.3 Å². The van der Waals surface area contributed by atoms with Gasteiger partial charge in [-0.15, -0.1) is 0 Å². The molecule has 0 fully saturated rings. The van der Waals surface area contributed by atoms with E-state index in [1.807, 2.05) is 0 Å². The minimum Gasteiger partial charge on any atom is -0.423 e. The Bertz CT molecular complexity index is 420. The number of benzene rings is 1. The third kappa shape index (κ3) is 3.90. The van der Waals surface area contributed by atoms with Crippen LogP contribution >= 0.6 is 11.8 Å². The van der Waals surface area contributed by atoms with Gasteiger partial charge in [0.25, 0.3) is 0 Å². The normalized spacial score (nSPS) is 9.62. The highest BCUT2D eigenvalue weighted by Crippen LogP contribution is 2.22. The van der Waals surface area contributed by atoms with Gasteiger partial charge in [-0.1, -0.05) is 18.3 Å². The van der Waals surface area contributed by atoms with Crippen molar-refractivity contribution in [3.05, 3.63) is 36.4 Å². The molecule has 0 saturated heterocycles. The molecule has 3 nitrogen and oxygen atoms in total. The fraction of sp³-hybridized carbons (Fsp3) is 0.167. The van der Waals surface area contributed by atoms with Crippen molar-refractivity contribution in [1.29, 1.82) is 0 Å². The standard InChI is InChI=1S/C12H12O3S/c1-8(2)12(14)15-10-4-6-11(7-5-10)16-9(3)13/h4-7H,1H2,2-3H3. The average Bonchev–Trinajstić information content (AvgIpc) is 2.20. The Morgan fingerprint density at radius 2 is 1.75 bits per heavy atom. The van der Waals surface area contributed by atoms with Crippen LogP contribution in [-0.4, -0.2) is 11.1 Å². The van der Waals surface area contributed by atoms with Gasteiger partial charge in [-0.25, -0.2) is 4.79 Å². The minimum atomic E-state index is -0.452. The van der Waals surface area contributed by atoms with Crippen molar-refractivity contribution in [2.45, 2.75) is 18.7 Å². The molecule has 0 atom stereocenters. The number of thioether (sulfide) groups is 1. The molecular formula is C12H12O3S. The number of hydrogen-bond donors (Lipinski definition) is 0. The van der Waals surface area contributed by atoms with Crippen molar-refractivity contribution in [1.82, 2.24) is 0 Å². The molecule has 1 aromatic carbocycles. The molecule has 1 aromatic rings. The maximum atomic E-state index is 11.2. The number of ether oxygens (including phenoxy) is 1. The molecule has 1 rings (SSSR count). The zero-order chi connectivity index (χ0) is 12.1. The Morgan fingerprint density at radius 3 is 2.19 bits per heavy atom. The van der Waals surface area contributed by atoms with Crippen LogP contribution < -0.4 is 4.74 Å². The van der Waals surface area contributed by atoms with Gasteiger partial charge in [-0.3, -0.25) is 4.79 Å². The molecule has 0 radical (unpaired) electrons. The van der Waals surface area contributed by atoms with Gasteiger partial charge in [-0.05, 0) is 31.2 Å². The highest BCUT2D eigenvalue weighted by molar-refractivity contribution is 8.13. The monoisotopic (exact) mass is 236 g/mol. The molecule has 16 heavy (non-hydrogen) atoms. The predicted octanol–water partition coefficient (Wildman–Crippen LogP) is 2.81. The van der Waals surface area contributed by atoms with Gasteiger partial charge < -0.3 is 4.74 Å². The highest BCUT2D eigenvalue weighted by Gasteiger charge is 2.05. The van der Waals surface area contributed by atoms with Crippen molar-refractivity contribution in [2.24, 2.45) is 0 Å². The van der Waals surface area contributed by atoms with Gasteiger partial charge in [0.05, 0.1) is 0 Å². The molecule has 0 saturated carbocycles. The summed E-state index contributed by atoms with van der Waals surface area (Å²) in [5.41, 5.74) is 0.349. The highest BCUT2D eigenvalue weighted by atomic mass is 32.2. The first-order valence-electron chi connectivity index (χ1n) is 4.65. The van der Waals surface area contributed by atoms with Crippen molar-refractivity contribution in [3.8, 4) is 5.75 Å². The van der Waals surface area contributed by atoms with Crippen LogP contribution in [0.25, 0.3) is 0 Å². The Morgan fingerprint density at radius 1 is 1.19 bits per heavy atom. The molecule has 4 heteroatoms. The summed E-state index contributed by atoms with van der Waals surface area (Å²) in [5.74, 6) is -0.00660. The SMILES string of the molecule is C=C(C)C(=O)Oc1ccc(SC(C)=O)cc1. The Labute approximate surface area is 98.5 Å². The molecule has 0 amide bonds. The van der Waals surface area contributed by atoms with Crippen LogP contribution in [-0.2, 0) is 9.59 Å². The lowest BCUT2D eigenvalue weighted by atomic mass is 10.3. The average molecular weight is 236 g/mol. The van der Waals surface area contributed by atoms with E-state index in [1.165, 1.54) is 6.92 Å². The lowest BCUT2D eigenvalue weighted by Crippen LogP contribution is -2.07. The van der Waals surface area contributed by atoms with Gasteiger partial charge in [0.15, 0.2) is 5.12 Å². The summed E-state index contributed by atoms with van der Waals surface area (Å²) >= 11 is 1.14. The molecular weight excluding hydrogens is 224 g/mol. The number of hydrogen-bond acceptors (Lipinski definition) is 4. The van der Waals surface area contributed by atoms with Gasteiger partial charge >= 0.3 is 5.97 Å². The maximum absolute atomic E-state index is 11.2. The Balaban J connectivity index is 2.68. The summed E-state index contributed by atoms with van der Waals surface area (Å²) in [6.07, 6.45) is 0. The van der Waals surface area contributed by atoms with E-state index in [2.05, 4.69) is 6.58 Å². The summed E-state index contributed by atoms with van der Waals surface area (Å²) in [4.78, 5) is 22.8. The first-order chi connectivity index (χ1) is 7.49. The van der Waals surface area contributed by atoms with E-state index in [0.717, 1.165) is 16.7 Å². The van der Waals surface area contributed by atoms with Crippen LogP contribution in [0.2, 0.25) is 0 Å². The van der Waals surface area contributed by atoms with Crippen molar-refractivity contribution < 1.29 is 14.3 Å². The molecule has 0 aromatic heterocycles. The van der Waals surface area contributed by atoms with Crippen LogP contribution in [0.3, 0.4) is 0 Å². The summed E-state index contributed by atoms with van der Waals surface area (Å²) in [6, 6.07) is 6.75. The smallest absolute Gasteiger partial charge is 0.338 e. The fourth-order valence-electron chi connectivity index (χ4n) is 0.936. The number of carbonyl (C=O) groups excluding carboxylic acids is 2. The molecule has 0 bridgehead atoms. The van der Waals surface area contributed by atoms with Crippen molar-refractivity contribution >= 4 is 22.8 Å². The fourth-order valence-corrected chi connectivity index (χ4v) is 1.54. The molecule has 0 unspecified atom stereocenters. The zero-order valence-corrected chi connectivity index (χ0v) is 9.97. The topological polar surface area (TPSA) is 43.4 Å². The summed E-state index contributed by atoms with van der Waals surface area (Å²) in [6.45, 7) is 6.57. The second-order valence-corrected chi connectivity index (χ2v) is 4.49. The predicted molar refractivity (Wildman–Crippen MR) is 63.4 cm³/mol. The molecule has 0 spiro atoms. The molecule has 0 aliphatic rings. The second kappa shape index (κ2) is 5.51. The van der Waals surface area contributed by atoms with Crippen LogP contribution in [0, 0.1) is 0 Å². The van der Waals surface area contributed by atoms with E-state index in [9.17, 15) is 9.59 Å². The Kier molecular flexibility index (Phi) is 4.31. The van der Waals surface area contributed by atoms with Crippen LogP contribution in [0.15, 0.2) is 41.3 Å².